The Hall–Kier alpha value is -0.970. The number of alkyl halides is 1. The number of nitrogens with one attached hydrogen (secondary N) is 1. The summed E-state index contributed by atoms with van der Waals surface area (Å²) in [4.78, 5) is 12.8. The Bertz CT molecular complexity index is 662. The number of carbonyl (C=O) groups is 1. The Kier molecular flexibility index (Phi) is 4.57. The fraction of sp³-hybridized carbons (Fsp3) is 0.188. The van der Waals surface area contributed by atoms with Gasteiger partial charge in [0.25, 0.3) is 0 Å². The summed E-state index contributed by atoms with van der Waals surface area (Å²) in [6, 6.07) is 15.3. The quantitative estimate of drug-likeness (QED) is 0.723. The Morgan fingerprint density at radius 1 is 1.14 bits per heavy atom. The van der Waals surface area contributed by atoms with Crippen molar-refractivity contribution in [1.82, 2.24) is 0 Å². The zero-order chi connectivity index (χ0) is 14.8. The lowest BCUT2D eigenvalue weighted by Gasteiger charge is -2.27. The summed E-state index contributed by atoms with van der Waals surface area (Å²) in [6.07, 6.45) is 0. The van der Waals surface area contributed by atoms with E-state index in [4.69, 9.17) is 11.6 Å². The second-order valence-corrected chi connectivity index (χ2v) is 7.49. The summed E-state index contributed by atoms with van der Waals surface area (Å²) in [7, 11) is 0. The van der Waals surface area contributed by atoms with Crippen molar-refractivity contribution in [3.63, 3.8) is 0 Å². The SMILES string of the molecule is O=C(Nc1ccc(Cl)cc1)C1SCC(Br)c2ccccc21. The smallest absolute Gasteiger partial charge is 0.242 e. The van der Waals surface area contributed by atoms with Crippen LogP contribution in [0.25, 0.3) is 0 Å². The lowest BCUT2D eigenvalue weighted by atomic mass is 10.0. The number of carbonyl (C=O) groups excluding carboxylic acids is 1. The monoisotopic (exact) mass is 381 g/mol. The van der Waals surface area contributed by atoms with Crippen molar-refractivity contribution >= 4 is 50.9 Å². The van der Waals surface area contributed by atoms with Gasteiger partial charge in [-0.25, -0.2) is 0 Å². The van der Waals surface area contributed by atoms with E-state index in [9.17, 15) is 4.79 Å². The highest BCUT2D eigenvalue weighted by Crippen LogP contribution is 2.45. The average molecular weight is 383 g/mol. The molecule has 5 heteroatoms. The summed E-state index contributed by atoms with van der Waals surface area (Å²) in [5, 5.41) is 3.45. The molecule has 2 atom stereocenters. The Balaban J connectivity index is 1.82. The summed E-state index contributed by atoms with van der Waals surface area (Å²) < 4.78 is 0. The summed E-state index contributed by atoms with van der Waals surface area (Å²) in [5.74, 6) is 0.893. The van der Waals surface area contributed by atoms with Crippen molar-refractivity contribution in [2.24, 2.45) is 0 Å². The molecule has 3 rings (SSSR count). The van der Waals surface area contributed by atoms with E-state index >= 15 is 0 Å². The molecule has 0 bridgehead atoms. The fourth-order valence-corrected chi connectivity index (χ4v) is 4.50. The van der Waals surface area contributed by atoms with Gasteiger partial charge in [0.2, 0.25) is 5.91 Å². The van der Waals surface area contributed by atoms with Gasteiger partial charge in [-0.2, -0.15) is 0 Å². The molecular formula is C16H13BrClNOS. The van der Waals surface area contributed by atoms with E-state index < -0.39 is 0 Å². The van der Waals surface area contributed by atoms with Gasteiger partial charge in [-0.1, -0.05) is 51.8 Å². The van der Waals surface area contributed by atoms with Gasteiger partial charge in [-0.3, -0.25) is 4.79 Å². The van der Waals surface area contributed by atoms with E-state index in [0.29, 0.717) is 9.85 Å². The number of fused-ring (bicyclic) bond motifs is 1. The minimum Gasteiger partial charge on any atom is -0.325 e. The maximum absolute atomic E-state index is 12.5. The van der Waals surface area contributed by atoms with Gasteiger partial charge in [0.1, 0.15) is 5.25 Å². The van der Waals surface area contributed by atoms with Crippen LogP contribution in [0.5, 0.6) is 0 Å². The predicted molar refractivity (Wildman–Crippen MR) is 93.4 cm³/mol. The first kappa shape index (κ1) is 14.9. The molecule has 1 heterocycles. The molecule has 0 radical (unpaired) electrons. The number of hydrogen-bond donors (Lipinski definition) is 1. The van der Waals surface area contributed by atoms with Gasteiger partial charge in [-0.05, 0) is 35.4 Å². The van der Waals surface area contributed by atoms with Gasteiger partial charge in [0.05, 0.1) is 0 Å². The molecule has 1 aliphatic heterocycles. The van der Waals surface area contributed by atoms with Crippen LogP contribution < -0.4 is 5.32 Å². The van der Waals surface area contributed by atoms with Crippen molar-refractivity contribution in [1.29, 1.82) is 0 Å². The highest BCUT2D eigenvalue weighted by atomic mass is 79.9. The maximum Gasteiger partial charge on any atom is 0.242 e. The molecule has 1 aliphatic rings. The molecule has 2 nitrogen and oxygen atoms in total. The molecule has 0 aliphatic carbocycles. The topological polar surface area (TPSA) is 29.1 Å². The zero-order valence-electron chi connectivity index (χ0n) is 11.1. The molecule has 1 N–H and O–H groups in total. The van der Waals surface area contributed by atoms with Crippen LogP contribution >= 0.6 is 39.3 Å². The number of hydrogen-bond acceptors (Lipinski definition) is 2. The van der Waals surface area contributed by atoms with Crippen molar-refractivity contribution in [2.75, 3.05) is 11.1 Å². The molecule has 2 unspecified atom stereocenters. The molecule has 0 saturated carbocycles. The van der Waals surface area contributed by atoms with E-state index in [1.54, 1.807) is 23.9 Å². The minimum atomic E-state index is -0.175. The number of amides is 1. The molecule has 21 heavy (non-hydrogen) atoms. The largest absolute Gasteiger partial charge is 0.325 e. The minimum absolute atomic E-state index is 0.00849. The molecule has 0 spiro atoms. The molecule has 1 amide bonds. The summed E-state index contributed by atoms with van der Waals surface area (Å²) >= 11 is 11.2. The van der Waals surface area contributed by atoms with E-state index in [1.807, 2.05) is 30.3 Å². The average Bonchev–Trinajstić information content (AvgIpc) is 2.50. The Morgan fingerprint density at radius 2 is 1.81 bits per heavy atom. The molecule has 0 fully saturated rings. The highest BCUT2D eigenvalue weighted by molar-refractivity contribution is 9.09. The van der Waals surface area contributed by atoms with E-state index in [-0.39, 0.29) is 11.2 Å². The standard InChI is InChI=1S/C16H13BrClNOS/c17-14-9-21-15(13-4-2-1-3-12(13)14)16(20)19-11-7-5-10(18)6-8-11/h1-8,14-15H,9H2,(H,19,20). The zero-order valence-corrected chi connectivity index (χ0v) is 14.2. The van der Waals surface area contributed by atoms with Crippen LogP contribution in [-0.2, 0) is 4.79 Å². The number of thioether (sulfide) groups is 1. The van der Waals surface area contributed by atoms with Gasteiger partial charge in [-0.15, -0.1) is 11.8 Å². The van der Waals surface area contributed by atoms with Crippen LogP contribution in [0.15, 0.2) is 48.5 Å². The molecular weight excluding hydrogens is 370 g/mol. The molecule has 108 valence electrons. The number of rotatable bonds is 2. The van der Waals surface area contributed by atoms with Crippen molar-refractivity contribution < 1.29 is 4.79 Å². The van der Waals surface area contributed by atoms with E-state index in [1.165, 1.54) is 5.56 Å². The lowest BCUT2D eigenvalue weighted by molar-refractivity contribution is -0.115. The van der Waals surface area contributed by atoms with Crippen molar-refractivity contribution in [2.45, 2.75) is 10.1 Å². The molecule has 0 saturated heterocycles. The van der Waals surface area contributed by atoms with Gasteiger partial charge in [0, 0.05) is 21.3 Å². The first-order valence-corrected chi connectivity index (χ1v) is 8.90. The number of benzene rings is 2. The third-order valence-electron chi connectivity index (χ3n) is 3.38. The van der Waals surface area contributed by atoms with Crippen LogP contribution in [0.1, 0.15) is 21.2 Å². The maximum atomic E-state index is 12.5. The van der Waals surface area contributed by atoms with E-state index in [0.717, 1.165) is 17.0 Å². The van der Waals surface area contributed by atoms with Gasteiger partial charge >= 0.3 is 0 Å². The second kappa shape index (κ2) is 6.42. The van der Waals surface area contributed by atoms with Gasteiger partial charge < -0.3 is 5.32 Å². The van der Waals surface area contributed by atoms with Crippen LogP contribution in [0.2, 0.25) is 5.02 Å². The van der Waals surface area contributed by atoms with Crippen LogP contribution in [0, 0.1) is 0 Å². The second-order valence-electron chi connectivity index (χ2n) is 4.81. The first-order valence-electron chi connectivity index (χ1n) is 6.56. The van der Waals surface area contributed by atoms with Crippen LogP contribution in [0.3, 0.4) is 0 Å². The van der Waals surface area contributed by atoms with Crippen LogP contribution in [-0.4, -0.2) is 11.7 Å². The van der Waals surface area contributed by atoms with Crippen LogP contribution in [0.4, 0.5) is 5.69 Å². The number of halogens is 2. The molecule has 2 aromatic rings. The third kappa shape index (κ3) is 3.28. The first-order chi connectivity index (χ1) is 10.1. The normalized spacial score (nSPS) is 20.7. The Labute approximate surface area is 141 Å². The van der Waals surface area contributed by atoms with Gasteiger partial charge in [0.15, 0.2) is 0 Å². The molecule has 0 aromatic heterocycles. The highest BCUT2D eigenvalue weighted by Gasteiger charge is 2.30. The predicted octanol–water partition coefficient (Wildman–Crippen LogP) is 5.20. The van der Waals surface area contributed by atoms with E-state index in [2.05, 4.69) is 27.3 Å². The fourth-order valence-electron chi connectivity index (χ4n) is 2.35. The Morgan fingerprint density at radius 3 is 2.52 bits per heavy atom. The summed E-state index contributed by atoms with van der Waals surface area (Å²) in [5.41, 5.74) is 3.05. The van der Waals surface area contributed by atoms with Crippen molar-refractivity contribution in [3.05, 3.63) is 64.7 Å². The lowest BCUT2D eigenvalue weighted by Crippen LogP contribution is -2.23. The number of anilines is 1. The molecule has 2 aromatic carbocycles. The third-order valence-corrected chi connectivity index (χ3v) is 6.20. The summed E-state index contributed by atoms with van der Waals surface area (Å²) in [6.45, 7) is 0. The van der Waals surface area contributed by atoms with Crippen molar-refractivity contribution in [3.8, 4) is 0 Å².